The second-order valence-corrected chi connectivity index (χ2v) is 29.2. The monoisotopic (exact) mass is 1190 g/mol. The fourth-order valence-electron chi connectivity index (χ4n) is 11.4. The van der Waals surface area contributed by atoms with Crippen LogP contribution in [0.2, 0.25) is 0 Å². The molecular formula is C64H89F3O13S2. The maximum Gasteiger partial charge on any atom is 0.426 e. The summed E-state index contributed by atoms with van der Waals surface area (Å²) in [5, 5.41) is 0. The van der Waals surface area contributed by atoms with Gasteiger partial charge in [0.25, 0.3) is 0 Å². The molecule has 13 nitrogen and oxygen atoms in total. The van der Waals surface area contributed by atoms with Crippen molar-refractivity contribution in [3.8, 4) is 0 Å². The lowest BCUT2D eigenvalue weighted by atomic mass is 9.48. The van der Waals surface area contributed by atoms with E-state index in [1.807, 2.05) is 48.5 Å². The lowest BCUT2D eigenvalue weighted by Gasteiger charge is -2.60. The molecule has 5 unspecified atom stereocenters. The van der Waals surface area contributed by atoms with Gasteiger partial charge in [0.05, 0.1) is 54.8 Å². The van der Waals surface area contributed by atoms with Gasteiger partial charge in [-0.2, -0.15) is 13.2 Å². The standard InChI is InChI=1S/C20H29F3O7S.C18H15S.C14H26O2.C12H20O4/c1-4-17(2,3)15(24)30-19-8-12-5-13(9-19)7-18(6-12,11-19)16(25)29-14(20(21,22)23)10-31(26,27)28;1-4-10-16(11-5-1)19(17-12-6-2-7-13-17)18-14-8-3-9-15-18;1-6-13(4,5)12(15)16-14(11(2)3)9-7-8-10-14;1-6-11(3,4)10(14)16-12(5)7-9(13)15-8(12)2/h12-14H,4-11H2,1-3H3,(H,26,27,28);1-15H;11H,6-10H2,1-5H3;8H,6-7H2,1-5H3/q;+1;;/p-1. The van der Waals surface area contributed by atoms with Gasteiger partial charge in [0.1, 0.15) is 17.3 Å². The van der Waals surface area contributed by atoms with Gasteiger partial charge in [-0.05, 0) is 187 Å². The normalized spacial score (nSPS) is 25.0. The molecule has 0 radical (unpaired) electrons. The van der Waals surface area contributed by atoms with Gasteiger partial charge in [-0.25, -0.2) is 8.42 Å². The minimum atomic E-state index is -5.27. The molecule has 3 aromatic rings. The summed E-state index contributed by atoms with van der Waals surface area (Å²) >= 11 is 0. The Kier molecular flexibility index (Phi) is 22.3. The van der Waals surface area contributed by atoms with Crippen LogP contribution < -0.4 is 0 Å². The molecule has 5 atom stereocenters. The zero-order valence-corrected chi connectivity index (χ0v) is 52.0. The van der Waals surface area contributed by atoms with Crippen LogP contribution in [0.4, 0.5) is 13.2 Å². The van der Waals surface area contributed by atoms with Gasteiger partial charge in [-0.3, -0.25) is 24.0 Å². The SMILES string of the molecule is CCC(C)(C)C(=O)OC1(C(C)C)CCCC1.CCC(C)(C)C(=O)OC1(C)CC(=O)OC1C.CCC(C)(C)C(=O)OC12CC3CC(C1)CC(C(=O)OC(CS(=O)(=O)[O-])C(F)(F)F)(C3)C2.c1ccc([S+](c2ccccc2)c2ccccc2)cc1. The van der Waals surface area contributed by atoms with Crippen LogP contribution in [0.25, 0.3) is 0 Å². The molecule has 0 amide bonds. The number of esters is 5. The highest BCUT2D eigenvalue weighted by Crippen LogP contribution is 2.63. The summed E-state index contributed by atoms with van der Waals surface area (Å²) in [6, 6.07) is 32.2. The fourth-order valence-corrected chi connectivity index (χ4v) is 14.1. The van der Waals surface area contributed by atoms with Crippen molar-refractivity contribution in [3.63, 3.8) is 0 Å². The van der Waals surface area contributed by atoms with E-state index in [-0.39, 0.29) is 70.6 Å². The Morgan fingerprint density at radius 2 is 1.09 bits per heavy atom. The molecule has 18 heteroatoms. The number of halogens is 3. The minimum Gasteiger partial charge on any atom is -0.748 e. The van der Waals surface area contributed by atoms with E-state index < -0.39 is 67.5 Å². The number of rotatable bonds is 17. The van der Waals surface area contributed by atoms with Crippen LogP contribution in [0.3, 0.4) is 0 Å². The van der Waals surface area contributed by atoms with Gasteiger partial charge < -0.3 is 28.2 Å². The molecule has 0 N–H and O–H groups in total. The number of carbonyl (C=O) groups excluding carboxylic acids is 5. The van der Waals surface area contributed by atoms with Crippen molar-refractivity contribution in [2.24, 2.45) is 39.4 Å². The van der Waals surface area contributed by atoms with Gasteiger partial charge in [0, 0.05) is 6.42 Å². The minimum absolute atomic E-state index is 0.00100. The zero-order chi connectivity index (χ0) is 61.3. The second-order valence-electron chi connectivity index (χ2n) is 25.8. The lowest BCUT2D eigenvalue weighted by molar-refractivity contribution is -0.239. The summed E-state index contributed by atoms with van der Waals surface area (Å²) in [7, 11) is -5.29. The highest BCUT2D eigenvalue weighted by Gasteiger charge is 2.64. The topological polar surface area (TPSA) is 189 Å². The number of ether oxygens (including phenoxy) is 5. The van der Waals surface area contributed by atoms with E-state index in [0.29, 0.717) is 44.4 Å². The number of cyclic esters (lactones) is 1. The first-order chi connectivity index (χ1) is 38.0. The summed E-state index contributed by atoms with van der Waals surface area (Å²) in [4.78, 5) is 65.0. The molecule has 1 aliphatic heterocycles. The van der Waals surface area contributed by atoms with E-state index in [0.717, 1.165) is 25.7 Å². The van der Waals surface area contributed by atoms with E-state index in [1.54, 1.807) is 27.7 Å². The van der Waals surface area contributed by atoms with Gasteiger partial charge >= 0.3 is 36.0 Å². The molecule has 0 aromatic heterocycles. The number of carbonyl (C=O) groups is 5. The molecule has 5 aliphatic carbocycles. The Balaban J connectivity index is 0.000000210. The molecule has 82 heavy (non-hydrogen) atoms. The molecule has 3 aromatic carbocycles. The van der Waals surface area contributed by atoms with Crippen LogP contribution in [0.15, 0.2) is 106 Å². The summed E-state index contributed by atoms with van der Waals surface area (Å²) in [6.45, 7) is 24.7. The van der Waals surface area contributed by atoms with Crippen molar-refractivity contribution in [2.75, 3.05) is 5.75 Å². The quantitative estimate of drug-likeness (QED) is 0.0538. The molecule has 5 saturated carbocycles. The first-order valence-electron chi connectivity index (χ1n) is 29.0. The third kappa shape index (κ3) is 17.3. The van der Waals surface area contributed by atoms with Crippen LogP contribution in [-0.4, -0.2) is 83.8 Å². The van der Waals surface area contributed by atoms with Gasteiger partial charge in [-0.1, -0.05) is 89.2 Å². The first-order valence-corrected chi connectivity index (χ1v) is 31.8. The maximum atomic E-state index is 13.3. The molecule has 6 fully saturated rings. The third-order valence-corrected chi connectivity index (χ3v) is 20.7. The Morgan fingerprint density at radius 1 is 0.683 bits per heavy atom. The number of hydrogen-bond donors (Lipinski definition) is 0. The summed E-state index contributed by atoms with van der Waals surface area (Å²) < 4.78 is 99.4. The zero-order valence-electron chi connectivity index (χ0n) is 50.4. The molecule has 4 bridgehead atoms. The smallest absolute Gasteiger partial charge is 0.426 e. The molecule has 1 heterocycles. The van der Waals surface area contributed by atoms with Crippen LogP contribution in [0.5, 0.6) is 0 Å². The second kappa shape index (κ2) is 27.0. The summed E-state index contributed by atoms with van der Waals surface area (Å²) in [5.41, 5.74) is -4.81. The predicted molar refractivity (Wildman–Crippen MR) is 307 cm³/mol. The highest BCUT2D eigenvalue weighted by atomic mass is 32.2. The summed E-state index contributed by atoms with van der Waals surface area (Å²) in [5.74, 6) is -3.63. The molecule has 9 rings (SSSR count). The first kappa shape index (κ1) is 67.8. The van der Waals surface area contributed by atoms with E-state index >= 15 is 0 Å². The molecular weight excluding hydrogens is 1100 g/mol. The summed E-state index contributed by atoms with van der Waals surface area (Å²) in [6.07, 6.45) is 0.612. The fraction of sp³-hybridized carbons (Fsp3) is 0.641. The molecule has 0 spiro atoms. The highest BCUT2D eigenvalue weighted by molar-refractivity contribution is 7.97. The van der Waals surface area contributed by atoms with E-state index in [9.17, 15) is 50.1 Å². The number of benzene rings is 3. The van der Waals surface area contributed by atoms with Gasteiger partial charge in [0.15, 0.2) is 20.3 Å². The van der Waals surface area contributed by atoms with Crippen LogP contribution in [0, 0.1) is 39.4 Å². The molecule has 1 saturated heterocycles. The molecule has 456 valence electrons. The van der Waals surface area contributed by atoms with Crippen molar-refractivity contribution in [2.45, 2.75) is 230 Å². The van der Waals surface area contributed by atoms with Gasteiger partial charge in [-0.15, -0.1) is 0 Å². The Hall–Kier alpha value is -4.94. The van der Waals surface area contributed by atoms with E-state index in [2.05, 4.69) is 110 Å². The Morgan fingerprint density at radius 3 is 1.44 bits per heavy atom. The van der Waals surface area contributed by atoms with Crippen LogP contribution in [-0.2, 0) is 68.7 Å². The van der Waals surface area contributed by atoms with E-state index in [1.165, 1.54) is 27.5 Å². The largest absolute Gasteiger partial charge is 0.748 e. The predicted octanol–water partition coefficient (Wildman–Crippen LogP) is 14.1. The Labute approximate surface area is 488 Å². The van der Waals surface area contributed by atoms with Crippen molar-refractivity contribution in [3.05, 3.63) is 91.0 Å². The third-order valence-electron chi connectivity index (χ3n) is 17.8. The van der Waals surface area contributed by atoms with E-state index in [4.69, 9.17) is 18.9 Å². The van der Waals surface area contributed by atoms with Crippen LogP contribution >= 0.6 is 0 Å². The lowest BCUT2D eigenvalue weighted by Crippen LogP contribution is -2.61. The van der Waals surface area contributed by atoms with Crippen molar-refractivity contribution in [1.29, 1.82) is 0 Å². The number of hydrogen-bond acceptors (Lipinski definition) is 13. The average molecular weight is 1190 g/mol. The average Bonchev–Trinajstić information content (AvgIpc) is 2.58. The molecule has 6 aliphatic rings. The van der Waals surface area contributed by atoms with Crippen molar-refractivity contribution < 1.29 is 73.8 Å². The van der Waals surface area contributed by atoms with Crippen molar-refractivity contribution in [1.82, 2.24) is 0 Å². The number of alkyl halides is 3. The van der Waals surface area contributed by atoms with Gasteiger partial charge in [0.2, 0.25) is 6.10 Å². The van der Waals surface area contributed by atoms with Crippen molar-refractivity contribution >= 4 is 50.9 Å². The Bertz CT molecular complexity index is 2630. The maximum absolute atomic E-state index is 13.3. The van der Waals surface area contributed by atoms with Crippen LogP contribution in [0.1, 0.15) is 180 Å².